The topological polar surface area (TPSA) is 25.8 Å². The molecule has 0 atom stereocenters. The summed E-state index contributed by atoms with van der Waals surface area (Å²) in [7, 11) is 0. The molecular formula is C18H16N2. The second-order valence-corrected chi connectivity index (χ2v) is 4.83. The summed E-state index contributed by atoms with van der Waals surface area (Å²) in [5, 5.41) is 0. The van der Waals surface area contributed by atoms with Crippen LogP contribution >= 0.6 is 0 Å². The van der Waals surface area contributed by atoms with E-state index in [4.69, 9.17) is 0 Å². The van der Waals surface area contributed by atoms with Crippen LogP contribution < -0.4 is 0 Å². The maximum absolute atomic E-state index is 4.67. The average Bonchev–Trinajstić information content (AvgIpc) is 2.48. The summed E-state index contributed by atoms with van der Waals surface area (Å²) >= 11 is 0. The van der Waals surface area contributed by atoms with Gasteiger partial charge in [-0.15, -0.1) is 0 Å². The molecular weight excluding hydrogens is 244 g/mol. The molecule has 0 radical (unpaired) electrons. The minimum absolute atomic E-state index is 0.792. The molecule has 0 aliphatic carbocycles. The summed E-state index contributed by atoms with van der Waals surface area (Å²) in [6, 6.07) is 20.4. The first-order valence-corrected chi connectivity index (χ1v) is 6.72. The minimum atomic E-state index is 0.792. The lowest BCUT2D eigenvalue weighted by Crippen LogP contribution is -1.99. The Hall–Kier alpha value is -2.48. The molecule has 1 heterocycles. The van der Waals surface area contributed by atoms with Gasteiger partial charge in [0.1, 0.15) is 0 Å². The van der Waals surface area contributed by atoms with Gasteiger partial charge in [0, 0.05) is 22.5 Å². The van der Waals surface area contributed by atoms with Crippen LogP contribution in [0.15, 0.2) is 60.7 Å². The van der Waals surface area contributed by atoms with Gasteiger partial charge in [0.25, 0.3) is 0 Å². The molecule has 0 unspecified atom stereocenters. The standard InChI is InChI=1S/C18H16N2/c1-13-17(15-9-5-3-6-10-15)14(2)20-18(19-13)16-11-7-4-8-12-16/h3-12H,1-2H3. The second-order valence-electron chi connectivity index (χ2n) is 4.83. The van der Waals surface area contributed by atoms with Gasteiger partial charge in [0.15, 0.2) is 5.82 Å². The molecule has 0 saturated heterocycles. The van der Waals surface area contributed by atoms with Crippen molar-refractivity contribution in [2.24, 2.45) is 0 Å². The first kappa shape index (κ1) is 12.5. The van der Waals surface area contributed by atoms with E-state index >= 15 is 0 Å². The van der Waals surface area contributed by atoms with Crippen LogP contribution in [0.1, 0.15) is 11.4 Å². The van der Waals surface area contributed by atoms with E-state index in [-0.39, 0.29) is 0 Å². The maximum atomic E-state index is 4.67. The number of hydrogen-bond acceptors (Lipinski definition) is 2. The Balaban J connectivity index is 2.13. The molecule has 0 amide bonds. The maximum Gasteiger partial charge on any atom is 0.159 e. The monoisotopic (exact) mass is 260 g/mol. The lowest BCUT2D eigenvalue weighted by atomic mass is 10.0. The quantitative estimate of drug-likeness (QED) is 0.681. The number of hydrogen-bond donors (Lipinski definition) is 0. The van der Waals surface area contributed by atoms with Crippen molar-refractivity contribution in [3.8, 4) is 22.5 Å². The highest BCUT2D eigenvalue weighted by atomic mass is 14.9. The largest absolute Gasteiger partial charge is 0.233 e. The lowest BCUT2D eigenvalue weighted by Gasteiger charge is -2.11. The van der Waals surface area contributed by atoms with Crippen molar-refractivity contribution in [3.05, 3.63) is 72.1 Å². The second kappa shape index (κ2) is 5.25. The van der Waals surface area contributed by atoms with Crippen molar-refractivity contribution < 1.29 is 0 Å². The molecule has 2 aromatic carbocycles. The van der Waals surface area contributed by atoms with Gasteiger partial charge in [-0.25, -0.2) is 9.97 Å². The fourth-order valence-electron chi connectivity index (χ4n) is 2.46. The van der Waals surface area contributed by atoms with Gasteiger partial charge in [-0.1, -0.05) is 60.7 Å². The van der Waals surface area contributed by atoms with E-state index < -0.39 is 0 Å². The first-order chi connectivity index (χ1) is 9.75. The Morgan fingerprint density at radius 2 is 1.05 bits per heavy atom. The average molecular weight is 260 g/mol. The molecule has 2 nitrogen and oxygen atoms in total. The SMILES string of the molecule is Cc1nc(-c2ccccc2)nc(C)c1-c1ccccc1. The van der Waals surface area contributed by atoms with Gasteiger partial charge in [-0.05, 0) is 19.4 Å². The van der Waals surface area contributed by atoms with Crippen LogP contribution in [0, 0.1) is 13.8 Å². The zero-order chi connectivity index (χ0) is 13.9. The summed E-state index contributed by atoms with van der Waals surface area (Å²) < 4.78 is 0. The van der Waals surface area contributed by atoms with E-state index in [1.54, 1.807) is 0 Å². The molecule has 98 valence electrons. The first-order valence-electron chi connectivity index (χ1n) is 6.72. The molecule has 3 rings (SSSR count). The van der Waals surface area contributed by atoms with E-state index in [9.17, 15) is 0 Å². The molecule has 2 heteroatoms. The van der Waals surface area contributed by atoms with Crippen molar-refractivity contribution in [2.75, 3.05) is 0 Å². The highest BCUT2D eigenvalue weighted by Gasteiger charge is 2.11. The molecule has 20 heavy (non-hydrogen) atoms. The zero-order valence-electron chi connectivity index (χ0n) is 11.7. The van der Waals surface area contributed by atoms with Gasteiger partial charge in [0.2, 0.25) is 0 Å². The summed E-state index contributed by atoms with van der Waals surface area (Å²) in [4.78, 5) is 9.34. The van der Waals surface area contributed by atoms with E-state index in [0.29, 0.717) is 0 Å². The van der Waals surface area contributed by atoms with Gasteiger partial charge >= 0.3 is 0 Å². The van der Waals surface area contributed by atoms with Gasteiger partial charge < -0.3 is 0 Å². The van der Waals surface area contributed by atoms with Crippen molar-refractivity contribution in [3.63, 3.8) is 0 Å². The Labute approximate surface area is 119 Å². The van der Waals surface area contributed by atoms with Gasteiger partial charge in [0.05, 0.1) is 0 Å². The summed E-state index contributed by atoms with van der Waals surface area (Å²) in [6.45, 7) is 4.09. The van der Waals surface area contributed by atoms with Crippen molar-refractivity contribution in [1.82, 2.24) is 9.97 Å². The number of benzene rings is 2. The predicted molar refractivity (Wildman–Crippen MR) is 82.4 cm³/mol. The third-order valence-corrected chi connectivity index (χ3v) is 3.37. The van der Waals surface area contributed by atoms with Crippen LogP contribution in [0.2, 0.25) is 0 Å². The van der Waals surface area contributed by atoms with E-state index in [2.05, 4.69) is 22.1 Å². The van der Waals surface area contributed by atoms with Crippen LogP contribution in [0.25, 0.3) is 22.5 Å². The van der Waals surface area contributed by atoms with Crippen LogP contribution in [0.4, 0.5) is 0 Å². The normalized spacial score (nSPS) is 10.5. The number of aryl methyl sites for hydroxylation is 2. The molecule has 0 N–H and O–H groups in total. The molecule has 0 saturated carbocycles. The Bertz CT molecular complexity index is 696. The fraction of sp³-hybridized carbons (Fsp3) is 0.111. The van der Waals surface area contributed by atoms with Crippen LogP contribution in [-0.4, -0.2) is 9.97 Å². The zero-order valence-corrected chi connectivity index (χ0v) is 11.7. The molecule has 1 aromatic heterocycles. The predicted octanol–water partition coefficient (Wildman–Crippen LogP) is 4.43. The molecule has 0 bridgehead atoms. The van der Waals surface area contributed by atoms with Gasteiger partial charge in [-0.3, -0.25) is 0 Å². The molecule has 0 fully saturated rings. The third kappa shape index (κ3) is 2.32. The smallest absolute Gasteiger partial charge is 0.159 e. The van der Waals surface area contributed by atoms with Gasteiger partial charge in [-0.2, -0.15) is 0 Å². The Morgan fingerprint density at radius 3 is 1.55 bits per heavy atom. The third-order valence-electron chi connectivity index (χ3n) is 3.37. The molecule has 0 aliphatic heterocycles. The molecule has 0 aliphatic rings. The summed E-state index contributed by atoms with van der Waals surface area (Å²) in [5.41, 5.74) is 5.39. The summed E-state index contributed by atoms with van der Waals surface area (Å²) in [6.07, 6.45) is 0. The Morgan fingerprint density at radius 1 is 0.600 bits per heavy atom. The number of nitrogens with zero attached hydrogens (tertiary/aromatic N) is 2. The Kier molecular flexibility index (Phi) is 3.30. The van der Waals surface area contributed by atoms with Crippen LogP contribution in [-0.2, 0) is 0 Å². The van der Waals surface area contributed by atoms with E-state index in [1.807, 2.05) is 62.4 Å². The van der Waals surface area contributed by atoms with Crippen molar-refractivity contribution >= 4 is 0 Å². The lowest BCUT2D eigenvalue weighted by molar-refractivity contribution is 1.07. The van der Waals surface area contributed by atoms with E-state index in [0.717, 1.165) is 28.3 Å². The van der Waals surface area contributed by atoms with E-state index in [1.165, 1.54) is 5.56 Å². The highest BCUT2D eigenvalue weighted by Crippen LogP contribution is 2.27. The van der Waals surface area contributed by atoms with Crippen molar-refractivity contribution in [2.45, 2.75) is 13.8 Å². The minimum Gasteiger partial charge on any atom is -0.233 e. The summed E-state index contributed by atoms with van der Waals surface area (Å²) in [5.74, 6) is 0.792. The highest BCUT2D eigenvalue weighted by molar-refractivity contribution is 5.69. The molecule has 0 spiro atoms. The van der Waals surface area contributed by atoms with Crippen LogP contribution in [0.3, 0.4) is 0 Å². The van der Waals surface area contributed by atoms with Crippen LogP contribution in [0.5, 0.6) is 0 Å². The molecule has 3 aromatic rings. The fourth-order valence-corrected chi connectivity index (χ4v) is 2.46. The van der Waals surface area contributed by atoms with Crippen molar-refractivity contribution in [1.29, 1.82) is 0 Å². The number of aromatic nitrogens is 2. The number of rotatable bonds is 2.